The molecule has 0 bridgehead atoms. The predicted molar refractivity (Wildman–Crippen MR) is 93.5 cm³/mol. The van der Waals surface area contributed by atoms with E-state index in [9.17, 15) is 9.18 Å². The van der Waals surface area contributed by atoms with Gasteiger partial charge in [-0.15, -0.1) is 0 Å². The number of rotatable bonds is 2. The molecule has 2 nitrogen and oxygen atoms in total. The van der Waals surface area contributed by atoms with E-state index < -0.39 is 0 Å². The first-order chi connectivity index (χ1) is 10.5. The molecule has 0 aliphatic carbocycles. The van der Waals surface area contributed by atoms with Gasteiger partial charge < -0.3 is 0 Å². The van der Waals surface area contributed by atoms with Crippen molar-refractivity contribution in [3.63, 3.8) is 0 Å². The van der Waals surface area contributed by atoms with E-state index in [1.165, 1.54) is 40.9 Å². The number of anilines is 1. The highest BCUT2D eigenvalue weighted by atomic mass is 35.5. The molecule has 110 valence electrons. The third kappa shape index (κ3) is 3.06. The molecule has 1 aliphatic heterocycles. The summed E-state index contributed by atoms with van der Waals surface area (Å²) in [7, 11) is 0. The fourth-order valence-corrected chi connectivity index (χ4v) is 3.42. The highest BCUT2D eigenvalue weighted by molar-refractivity contribution is 8.27. The van der Waals surface area contributed by atoms with Gasteiger partial charge in [0.1, 0.15) is 5.82 Å². The number of hydrogen-bond donors (Lipinski definition) is 0. The Kier molecular flexibility index (Phi) is 4.29. The van der Waals surface area contributed by atoms with Crippen LogP contribution in [0, 0.1) is 5.82 Å². The van der Waals surface area contributed by atoms with Gasteiger partial charge >= 0.3 is 0 Å². The summed E-state index contributed by atoms with van der Waals surface area (Å²) in [5.41, 5.74) is 1.42. The molecule has 0 aromatic heterocycles. The molecular weight excluding hydrogens is 341 g/mol. The van der Waals surface area contributed by atoms with E-state index in [0.29, 0.717) is 19.9 Å². The Morgan fingerprint density at radius 1 is 1.09 bits per heavy atom. The molecule has 0 saturated carbocycles. The number of halogens is 2. The van der Waals surface area contributed by atoms with Gasteiger partial charge in [0.2, 0.25) is 0 Å². The number of thiocarbonyl (C=S) groups is 1. The SMILES string of the molecule is O=C1C(=Cc2ccc(Cl)cc2)SC(=S)N1c1ccc(F)cc1. The summed E-state index contributed by atoms with van der Waals surface area (Å²) in [6, 6.07) is 12.8. The van der Waals surface area contributed by atoms with Crippen LogP contribution < -0.4 is 4.90 Å². The van der Waals surface area contributed by atoms with E-state index in [2.05, 4.69) is 0 Å². The smallest absolute Gasteiger partial charge is 0.268 e. The van der Waals surface area contributed by atoms with Gasteiger partial charge in [-0.25, -0.2) is 4.39 Å². The van der Waals surface area contributed by atoms with Crippen LogP contribution in [0.2, 0.25) is 5.02 Å². The van der Waals surface area contributed by atoms with E-state index in [0.717, 1.165) is 5.56 Å². The summed E-state index contributed by atoms with van der Waals surface area (Å²) >= 11 is 12.3. The minimum absolute atomic E-state index is 0.212. The molecule has 1 saturated heterocycles. The number of thioether (sulfide) groups is 1. The lowest BCUT2D eigenvalue weighted by Crippen LogP contribution is -2.27. The van der Waals surface area contributed by atoms with Crippen molar-refractivity contribution in [1.29, 1.82) is 0 Å². The van der Waals surface area contributed by atoms with Crippen molar-refractivity contribution >= 4 is 57.6 Å². The monoisotopic (exact) mass is 349 g/mol. The number of carbonyl (C=O) groups is 1. The molecule has 1 heterocycles. The Labute approximate surface area is 141 Å². The van der Waals surface area contributed by atoms with Crippen molar-refractivity contribution in [2.24, 2.45) is 0 Å². The number of carbonyl (C=O) groups excluding carboxylic acids is 1. The van der Waals surface area contributed by atoms with E-state index >= 15 is 0 Å². The lowest BCUT2D eigenvalue weighted by Gasteiger charge is -2.14. The minimum Gasteiger partial charge on any atom is -0.268 e. The molecular formula is C16H9ClFNOS2. The Morgan fingerprint density at radius 2 is 1.73 bits per heavy atom. The minimum atomic E-state index is -0.356. The Morgan fingerprint density at radius 3 is 2.36 bits per heavy atom. The molecule has 0 spiro atoms. The van der Waals surface area contributed by atoms with Gasteiger partial charge in [0.15, 0.2) is 4.32 Å². The van der Waals surface area contributed by atoms with E-state index in [-0.39, 0.29) is 11.7 Å². The number of benzene rings is 2. The second-order valence-electron chi connectivity index (χ2n) is 4.55. The van der Waals surface area contributed by atoms with Crippen LogP contribution in [-0.2, 0) is 4.79 Å². The van der Waals surface area contributed by atoms with Crippen molar-refractivity contribution in [3.05, 3.63) is 69.8 Å². The molecule has 22 heavy (non-hydrogen) atoms. The van der Waals surface area contributed by atoms with Crippen molar-refractivity contribution in [2.75, 3.05) is 4.90 Å². The summed E-state index contributed by atoms with van der Waals surface area (Å²) in [4.78, 5) is 14.4. The molecule has 2 aromatic rings. The summed E-state index contributed by atoms with van der Waals surface area (Å²) in [6.45, 7) is 0. The first-order valence-electron chi connectivity index (χ1n) is 6.34. The predicted octanol–water partition coefficient (Wildman–Crippen LogP) is 4.88. The fraction of sp³-hybridized carbons (Fsp3) is 0. The van der Waals surface area contributed by atoms with E-state index in [4.69, 9.17) is 23.8 Å². The molecule has 1 aliphatic rings. The van der Waals surface area contributed by atoms with Crippen molar-refractivity contribution < 1.29 is 9.18 Å². The molecule has 0 unspecified atom stereocenters. The Hall–Kier alpha value is -1.69. The molecule has 6 heteroatoms. The third-order valence-electron chi connectivity index (χ3n) is 3.05. The van der Waals surface area contributed by atoms with Crippen LogP contribution in [0.25, 0.3) is 6.08 Å². The standard InChI is InChI=1S/C16H9ClFNOS2/c17-11-3-1-10(2-4-11)9-14-15(20)19(16(21)22-14)13-7-5-12(18)6-8-13/h1-9H. The van der Waals surface area contributed by atoms with Crippen molar-refractivity contribution in [2.45, 2.75) is 0 Å². The first kappa shape index (κ1) is 15.2. The summed E-state index contributed by atoms with van der Waals surface area (Å²) < 4.78 is 13.4. The van der Waals surface area contributed by atoms with Gasteiger partial charge in [0.05, 0.1) is 10.6 Å². The second-order valence-corrected chi connectivity index (χ2v) is 6.66. The molecule has 1 amide bonds. The number of amides is 1. The Balaban J connectivity index is 1.91. The molecule has 0 N–H and O–H groups in total. The maximum atomic E-state index is 13.0. The molecule has 0 atom stereocenters. The van der Waals surface area contributed by atoms with Gasteiger partial charge in [0.25, 0.3) is 5.91 Å². The zero-order valence-corrected chi connectivity index (χ0v) is 13.5. The van der Waals surface area contributed by atoms with Crippen LogP contribution in [0.1, 0.15) is 5.56 Å². The normalized spacial score (nSPS) is 16.6. The van der Waals surface area contributed by atoms with Crippen molar-refractivity contribution in [3.8, 4) is 0 Å². The topological polar surface area (TPSA) is 20.3 Å². The van der Waals surface area contributed by atoms with Gasteiger partial charge in [-0.2, -0.15) is 0 Å². The van der Waals surface area contributed by atoms with Crippen LogP contribution in [-0.4, -0.2) is 10.2 Å². The average Bonchev–Trinajstić information content (AvgIpc) is 2.77. The maximum absolute atomic E-state index is 13.0. The lowest BCUT2D eigenvalue weighted by molar-refractivity contribution is -0.113. The van der Waals surface area contributed by atoms with Crippen LogP contribution in [0.4, 0.5) is 10.1 Å². The fourth-order valence-electron chi connectivity index (χ4n) is 1.99. The number of nitrogens with zero attached hydrogens (tertiary/aromatic N) is 1. The van der Waals surface area contributed by atoms with Gasteiger partial charge in [-0.3, -0.25) is 9.69 Å². The summed E-state index contributed by atoms with van der Waals surface area (Å²) in [5, 5.41) is 0.635. The van der Waals surface area contributed by atoms with Crippen LogP contribution in [0.3, 0.4) is 0 Å². The lowest BCUT2D eigenvalue weighted by atomic mass is 10.2. The van der Waals surface area contributed by atoms with Gasteiger partial charge in [-0.1, -0.05) is 47.7 Å². The zero-order chi connectivity index (χ0) is 15.7. The second kappa shape index (κ2) is 6.20. The number of hydrogen-bond acceptors (Lipinski definition) is 3. The van der Waals surface area contributed by atoms with Crippen LogP contribution >= 0.6 is 35.6 Å². The van der Waals surface area contributed by atoms with Crippen LogP contribution in [0.5, 0.6) is 0 Å². The highest BCUT2D eigenvalue weighted by Gasteiger charge is 2.33. The molecule has 0 radical (unpaired) electrons. The average molecular weight is 350 g/mol. The molecule has 1 fully saturated rings. The zero-order valence-electron chi connectivity index (χ0n) is 11.1. The van der Waals surface area contributed by atoms with Crippen molar-refractivity contribution in [1.82, 2.24) is 0 Å². The molecule has 3 rings (SSSR count). The molecule has 2 aromatic carbocycles. The quantitative estimate of drug-likeness (QED) is 0.569. The first-order valence-corrected chi connectivity index (χ1v) is 7.94. The highest BCUT2D eigenvalue weighted by Crippen LogP contribution is 2.36. The third-order valence-corrected chi connectivity index (χ3v) is 4.60. The largest absolute Gasteiger partial charge is 0.270 e. The van der Waals surface area contributed by atoms with Crippen LogP contribution in [0.15, 0.2) is 53.4 Å². The summed E-state index contributed by atoms with van der Waals surface area (Å²) in [6.07, 6.45) is 1.76. The van der Waals surface area contributed by atoms with Gasteiger partial charge in [0, 0.05) is 5.02 Å². The van der Waals surface area contributed by atoms with Gasteiger partial charge in [-0.05, 0) is 48.0 Å². The van der Waals surface area contributed by atoms with E-state index in [1.54, 1.807) is 18.2 Å². The maximum Gasteiger partial charge on any atom is 0.270 e. The summed E-state index contributed by atoms with van der Waals surface area (Å²) in [5.74, 6) is -0.567. The van der Waals surface area contributed by atoms with E-state index in [1.807, 2.05) is 12.1 Å². The Bertz CT molecular complexity index is 772.